The van der Waals surface area contributed by atoms with Crippen LogP contribution in [0, 0.1) is 0 Å². The zero-order chi connectivity index (χ0) is 13.0. The minimum absolute atomic E-state index is 0.229. The van der Waals surface area contributed by atoms with E-state index in [1.165, 1.54) is 0 Å². The first-order valence-corrected chi connectivity index (χ1v) is 6.75. The summed E-state index contributed by atoms with van der Waals surface area (Å²) in [5.74, 6) is 0.229. The van der Waals surface area contributed by atoms with E-state index in [2.05, 4.69) is 23.6 Å². The van der Waals surface area contributed by atoms with Gasteiger partial charge in [0.05, 0.1) is 6.54 Å². The fraction of sp³-hybridized carbons (Fsp3) is 0.533. The minimum atomic E-state index is 0.229. The van der Waals surface area contributed by atoms with E-state index >= 15 is 0 Å². The Bertz CT molecular complexity index is 391. The second-order valence-corrected chi connectivity index (χ2v) is 5.00. The number of rotatable bonds is 4. The van der Waals surface area contributed by atoms with Crippen molar-refractivity contribution in [3.8, 4) is 0 Å². The third-order valence-electron chi connectivity index (χ3n) is 3.72. The summed E-state index contributed by atoms with van der Waals surface area (Å²) in [6.07, 6.45) is 0. The van der Waals surface area contributed by atoms with Crippen molar-refractivity contribution in [1.82, 2.24) is 9.80 Å². The summed E-state index contributed by atoms with van der Waals surface area (Å²) in [5.41, 5.74) is 0.822. The zero-order valence-electron chi connectivity index (χ0n) is 11.3. The number of ketones is 1. The minimum Gasteiger partial charge on any atom is -0.298 e. The van der Waals surface area contributed by atoms with E-state index in [0.29, 0.717) is 12.6 Å². The average Bonchev–Trinajstić information content (AvgIpc) is 2.40. The van der Waals surface area contributed by atoms with E-state index in [1.54, 1.807) is 0 Å². The van der Waals surface area contributed by atoms with Gasteiger partial charge in [-0.3, -0.25) is 14.6 Å². The van der Waals surface area contributed by atoms with Gasteiger partial charge in [-0.25, -0.2) is 0 Å². The Morgan fingerprint density at radius 2 is 2.00 bits per heavy atom. The first-order valence-electron chi connectivity index (χ1n) is 6.75. The molecule has 0 aliphatic carbocycles. The van der Waals surface area contributed by atoms with Gasteiger partial charge in [0, 0.05) is 31.2 Å². The molecule has 98 valence electrons. The van der Waals surface area contributed by atoms with Crippen LogP contribution in [0.2, 0.25) is 0 Å². The Morgan fingerprint density at radius 1 is 1.28 bits per heavy atom. The van der Waals surface area contributed by atoms with Crippen molar-refractivity contribution in [3.63, 3.8) is 0 Å². The van der Waals surface area contributed by atoms with Gasteiger partial charge in [-0.15, -0.1) is 0 Å². The number of Topliss-reactive ketones (excluding diaryl/α,β-unsaturated/α-hetero) is 1. The smallest absolute Gasteiger partial charge is 0.176 e. The van der Waals surface area contributed by atoms with E-state index in [4.69, 9.17) is 0 Å². The molecule has 1 fully saturated rings. The molecular formula is C15H22N2O. The highest BCUT2D eigenvalue weighted by Gasteiger charge is 2.23. The second kappa shape index (κ2) is 6.12. The fourth-order valence-corrected chi connectivity index (χ4v) is 2.60. The van der Waals surface area contributed by atoms with Crippen LogP contribution in [-0.2, 0) is 0 Å². The summed E-state index contributed by atoms with van der Waals surface area (Å²) in [7, 11) is 0. The number of carbonyl (C=O) groups is 1. The lowest BCUT2D eigenvalue weighted by Crippen LogP contribution is -2.52. The number of hydrogen-bond acceptors (Lipinski definition) is 3. The maximum absolute atomic E-state index is 12.1. The number of hydrogen-bond donors (Lipinski definition) is 0. The Kier molecular flexibility index (Phi) is 4.50. The van der Waals surface area contributed by atoms with Gasteiger partial charge in [0.2, 0.25) is 0 Å². The maximum Gasteiger partial charge on any atom is 0.176 e. The monoisotopic (exact) mass is 246 g/mol. The quantitative estimate of drug-likeness (QED) is 0.758. The normalized spacial score (nSPS) is 22.0. The van der Waals surface area contributed by atoms with Crippen molar-refractivity contribution in [2.75, 3.05) is 32.7 Å². The molecule has 18 heavy (non-hydrogen) atoms. The molecule has 3 heteroatoms. The van der Waals surface area contributed by atoms with Crippen molar-refractivity contribution in [2.45, 2.75) is 19.9 Å². The third-order valence-corrected chi connectivity index (χ3v) is 3.72. The lowest BCUT2D eigenvalue weighted by atomic mass is 10.1. The van der Waals surface area contributed by atoms with E-state index in [9.17, 15) is 4.79 Å². The molecule has 2 rings (SSSR count). The predicted molar refractivity (Wildman–Crippen MR) is 73.9 cm³/mol. The van der Waals surface area contributed by atoms with E-state index in [-0.39, 0.29) is 5.78 Å². The van der Waals surface area contributed by atoms with E-state index in [1.807, 2.05) is 30.3 Å². The lowest BCUT2D eigenvalue weighted by molar-refractivity contribution is 0.0723. The van der Waals surface area contributed by atoms with Gasteiger partial charge >= 0.3 is 0 Å². The molecule has 1 aliphatic heterocycles. The predicted octanol–water partition coefficient (Wildman–Crippen LogP) is 1.90. The van der Waals surface area contributed by atoms with Gasteiger partial charge in [-0.05, 0) is 13.5 Å². The van der Waals surface area contributed by atoms with Crippen LogP contribution in [0.4, 0.5) is 0 Å². The van der Waals surface area contributed by atoms with Gasteiger partial charge in [0.15, 0.2) is 5.78 Å². The highest BCUT2D eigenvalue weighted by molar-refractivity contribution is 5.97. The molecule has 0 saturated carbocycles. The van der Waals surface area contributed by atoms with Crippen molar-refractivity contribution in [3.05, 3.63) is 35.9 Å². The second-order valence-electron chi connectivity index (χ2n) is 5.00. The summed E-state index contributed by atoms with van der Waals surface area (Å²) < 4.78 is 0. The molecule has 0 bridgehead atoms. The summed E-state index contributed by atoms with van der Waals surface area (Å²) in [5, 5.41) is 0. The third kappa shape index (κ3) is 3.18. The van der Waals surface area contributed by atoms with Crippen LogP contribution < -0.4 is 0 Å². The summed E-state index contributed by atoms with van der Waals surface area (Å²) in [6.45, 7) is 9.14. The maximum atomic E-state index is 12.1. The molecule has 1 aliphatic rings. The molecule has 1 saturated heterocycles. The first kappa shape index (κ1) is 13.2. The molecule has 0 N–H and O–H groups in total. The summed E-state index contributed by atoms with van der Waals surface area (Å²) in [4.78, 5) is 16.8. The topological polar surface area (TPSA) is 23.6 Å². The Labute approximate surface area is 109 Å². The van der Waals surface area contributed by atoms with Crippen LogP contribution in [-0.4, -0.2) is 54.3 Å². The molecule has 1 atom stereocenters. The number of nitrogens with zero attached hydrogens (tertiary/aromatic N) is 2. The van der Waals surface area contributed by atoms with Crippen LogP contribution in [0.5, 0.6) is 0 Å². The van der Waals surface area contributed by atoms with E-state index < -0.39 is 0 Å². The molecule has 3 nitrogen and oxygen atoms in total. The number of carbonyl (C=O) groups excluding carboxylic acids is 1. The van der Waals surface area contributed by atoms with Gasteiger partial charge in [-0.2, -0.15) is 0 Å². The number of piperazine rings is 1. The van der Waals surface area contributed by atoms with Gasteiger partial charge < -0.3 is 0 Å². The van der Waals surface area contributed by atoms with Crippen molar-refractivity contribution in [1.29, 1.82) is 0 Å². The van der Waals surface area contributed by atoms with Gasteiger partial charge in [0.1, 0.15) is 0 Å². The van der Waals surface area contributed by atoms with Crippen LogP contribution in [0.3, 0.4) is 0 Å². The first-order chi connectivity index (χ1) is 8.70. The SMILES string of the molecule is CCN1CCN(CC(=O)c2ccccc2)CC1C. The van der Waals surface area contributed by atoms with Crippen LogP contribution in [0.15, 0.2) is 30.3 Å². The Hall–Kier alpha value is -1.19. The van der Waals surface area contributed by atoms with Crippen molar-refractivity contribution in [2.24, 2.45) is 0 Å². The van der Waals surface area contributed by atoms with Gasteiger partial charge in [-0.1, -0.05) is 37.3 Å². The Morgan fingerprint density at radius 3 is 2.61 bits per heavy atom. The molecule has 1 heterocycles. The van der Waals surface area contributed by atoms with Crippen LogP contribution in [0.1, 0.15) is 24.2 Å². The van der Waals surface area contributed by atoms with E-state index in [0.717, 1.165) is 31.7 Å². The van der Waals surface area contributed by atoms with Crippen LogP contribution in [0.25, 0.3) is 0 Å². The molecule has 1 aromatic rings. The highest BCUT2D eigenvalue weighted by Crippen LogP contribution is 2.10. The fourth-order valence-electron chi connectivity index (χ4n) is 2.60. The van der Waals surface area contributed by atoms with Crippen molar-refractivity contribution < 1.29 is 4.79 Å². The average molecular weight is 246 g/mol. The molecule has 0 spiro atoms. The van der Waals surface area contributed by atoms with Gasteiger partial charge in [0.25, 0.3) is 0 Å². The summed E-state index contributed by atoms with van der Waals surface area (Å²) >= 11 is 0. The molecular weight excluding hydrogens is 224 g/mol. The largest absolute Gasteiger partial charge is 0.298 e. The molecule has 1 aromatic carbocycles. The summed E-state index contributed by atoms with van der Waals surface area (Å²) in [6, 6.07) is 10.1. The number of benzene rings is 1. The lowest BCUT2D eigenvalue weighted by Gasteiger charge is -2.39. The van der Waals surface area contributed by atoms with Crippen LogP contribution >= 0.6 is 0 Å². The number of likely N-dealkylation sites (N-methyl/N-ethyl adjacent to an activating group) is 1. The molecule has 0 radical (unpaired) electrons. The molecule has 0 amide bonds. The zero-order valence-corrected chi connectivity index (χ0v) is 11.3. The Balaban J connectivity index is 1.89. The highest BCUT2D eigenvalue weighted by atomic mass is 16.1. The molecule has 1 unspecified atom stereocenters. The molecule has 0 aromatic heterocycles. The standard InChI is InChI=1S/C15H22N2O/c1-3-17-10-9-16(11-13(17)2)12-15(18)14-7-5-4-6-8-14/h4-8,13H,3,9-12H2,1-2H3. The van der Waals surface area contributed by atoms with Crippen molar-refractivity contribution >= 4 is 5.78 Å².